The summed E-state index contributed by atoms with van der Waals surface area (Å²) < 4.78 is 2.38. The van der Waals surface area contributed by atoms with E-state index in [1.54, 1.807) is 12.3 Å². The molecule has 0 amide bonds. The Kier molecular flexibility index (Phi) is 4.67. The van der Waals surface area contributed by atoms with Crippen LogP contribution in [0.5, 0.6) is 0 Å². The van der Waals surface area contributed by atoms with Crippen molar-refractivity contribution < 1.29 is 0 Å². The Morgan fingerprint density at radius 2 is 2.04 bits per heavy atom. The van der Waals surface area contributed by atoms with Gasteiger partial charge < -0.3 is 0 Å². The summed E-state index contributed by atoms with van der Waals surface area (Å²) in [6, 6.07) is 15.1. The van der Waals surface area contributed by atoms with Gasteiger partial charge in [0.2, 0.25) is 0 Å². The van der Waals surface area contributed by atoms with Crippen LogP contribution in [0.2, 0.25) is 0 Å². The average molecular weight is 370 g/mol. The maximum Gasteiger partial charge on any atom is 0.282 e. The molecular weight excluding hydrogens is 354 g/mol. The van der Waals surface area contributed by atoms with E-state index < -0.39 is 0 Å². The molecule has 0 aliphatic rings. The molecule has 3 rings (SSSR count). The van der Waals surface area contributed by atoms with Crippen LogP contribution < -0.4 is 5.56 Å². The number of hydrogen-bond acceptors (Lipinski definition) is 3. The van der Waals surface area contributed by atoms with Crippen LogP contribution in [0.4, 0.5) is 0 Å². The lowest BCUT2D eigenvalue weighted by Gasteiger charge is -2.08. The van der Waals surface area contributed by atoms with Gasteiger partial charge in [0.05, 0.1) is 17.1 Å². The van der Waals surface area contributed by atoms with Gasteiger partial charge >= 0.3 is 0 Å². The molecule has 0 saturated carbocycles. The molecule has 1 aromatic heterocycles. The fourth-order valence-corrected chi connectivity index (χ4v) is 2.80. The number of rotatable bonds is 4. The Hall–Kier alpha value is -2.27. The Morgan fingerprint density at radius 1 is 1.22 bits per heavy atom. The molecule has 5 heteroatoms. The van der Waals surface area contributed by atoms with Gasteiger partial charge in [0, 0.05) is 10.9 Å². The van der Waals surface area contributed by atoms with Crippen LogP contribution in [-0.2, 0) is 6.42 Å². The van der Waals surface area contributed by atoms with E-state index in [2.05, 4.69) is 32.9 Å². The second-order valence-electron chi connectivity index (χ2n) is 5.21. The number of hydrogen-bond donors (Lipinski definition) is 0. The lowest BCUT2D eigenvalue weighted by atomic mass is 10.2. The Labute approximate surface area is 142 Å². The number of benzene rings is 2. The zero-order valence-electron chi connectivity index (χ0n) is 12.7. The average Bonchev–Trinajstić information content (AvgIpc) is 2.55. The van der Waals surface area contributed by atoms with E-state index in [-0.39, 0.29) is 5.56 Å². The minimum Gasteiger partial charge on any atom is -0.267 e. The topological polar surface area (TPSA) is 47.2 Å². The van der Waals surface area contributed by atoms with E-state index in [1.165, 1.54) is 4.68 Å². The maximum atomic E-state index is 12.7. The van der Waals surface area contributed by atoms with Crippen LogP contribution in [0, 0.1) is 0 Å². The largest absolute Gasteiger partial charge is 0.282 e. The maximum absolute atomic E-state index is 12.7. The molecule has 0 fully saturated rings. The lowest BCUT2D eigenvalue weighted by molar-refractivity contribution is 0.704. The number of nitrogens with zero attached hydrogens (tertiary/aromatic N) is 3. The Morgan fingerprint density at radius 3 is 2.83 bits per heavy atom. The second-order valence-corrected chi connectivity index (χ2v) is 6.13. The second kappa shape index (κ2) is 6.87. The van der Waals surface area contributed by atoms with Crippen LogP contribution in [0.25, 0.3) is 10.9 Å². The van der Waals surface area contributed by atoms with Crippen LogP contribution in [-0.4, -0.2) is 15.9 Å². The molecule has 0 aliphatic heterocycles. The summed E-state index contributed by atoms with van der Waals surface area (Å²) in [5.74, 6) is 0.683. The first-order chi connectivity index (χ1) is 11.2. The molecule has 0 saturated heterocycles. The van der Waals surface area contributed by atoms with E-state index in [0.29, 0.717) is 17.6 Å². The number of para-hydroxylation sites is 1. The van der Waals surface area contributed by atoms with Crippen molar-refractivity contribution in [2.75, 3.05) is 0 Å². The Balaban J connectivity index is 2.13. The highest BCUT2D eigenvalue weighted by molar-refractivity contribution is 9.10. The highest BCUT2D eigenvalue weighted by Gasteiger charge is 2.09. The van der Waals surface area contributed by atoms with Gasteiger partial charge in [-0.05, 0) is 36.2 Å². The number of aryl methyl sites for hydroxylation is 1. The summed E-state index contributed by atoms with van der Waals surface area (Å²) in [6.07, 6.45) is 3.29. The van der Waals surface area contributed by atoms with E-state index >= 15 is 0 Å². The fourth-order valence-electron chi connectivity index (χ4n) is 2.39. The van der Waals surface area contributed by atoms with Crippen molar-refractivity contribution in [3.63, 3.8) is 0 Å². The highest BCUT2D eigenvalue weighted by Crippen LogP contribution is 2.11. The summed E-state index contributed by atoms with van der Waals surface area (Å²) in [7, 11) is 0. The van der Waals surface area contributed by atoms with Crippen molar-refractivity contribution in [3.8, 4) is 0 Å². The normalized spacial score (nSPS) is 11.4. The van der Waals surface area contributed by atoms with Gasteiger partial charge in [0.25, 0.3) is 5.56 Å². The highest BCUT2D eigenvalue weighted by atomic mass is 79.9. The third-order valence-corrected chi connectivity index (χ3v) is 3.96. The SMILES string of the molecule is CCCc1nc2ccccc2c(=O)n1N=Cc1cccc(Br)c1. The molecule has 23 heavy (non-hydrogen) atoms. The lowest BCUT2D eigenvalue weighted by Crippen LogP contribution is -2.22. The third-order valence-electron chi connectivity index (χ3n) is 3.47. The van der Waals surface area contributed by atoms with Crippen LogP contribution >= 0.6 is 15.9 Å². The summed E-state index contributed by atoms with van der Waals surface area (Å²) in [5, 5.41) is 4.96. The third kappa shape index (κ3) is 3.40. The summed E-state index contributed by atoms with van der Waals surface area (Å²) in [5.41, 5.74) is 1.50. The monoisotopic (exact) mass is 369 g/mol. The minimum absolute atomic E-state index is 0.134. The van der Waals surface area contributed by atoms with Gasteiger partial charge in [-0.15, -0.1) is 0 Å². The van der Waals surface area contributed by atoms with Crippen LogP contribution in [0.15, 0.2) is 62.9 Å². The van der Waals surface area contributed by atoms with E-state index in [9.17, 15) is 4.79 Å². The summed E-state index contributed by atoms with van der Waals surface area (Å²) in [4.78, 5) is 17.3. The zero-order chi connectivity index (χ0) is 16.2. The molecule has 1 heterocycles. The van der Waals surface area contributed by atoms with E-state index in [0.717, 1.165) is 22.0 Å². The predicted molar refractivity (Wildman–Crippen MR) is 97.1 cm³/mol. The quantitative estimate of drug-likeness (QED) is 0.652. The van der Waals surface area contributed by atoms with Crippen molar-refractivity contribution in [1.82, 2.24) is 9.66 Å². The van der Waals surface area contributed by atoms with Gasteiger partial charge in [-0.3, -0.25) is 4.79 Å². The molecule has 2 aromatic carbocycles. The molecule has 4 nitrogen and oxygen atoms in total. The molecular formula is C18H16BrN3O. The molecule has 116 valence electrons. The van der Waals surface area contributed by atoms with Crippen LogP contribution in [0.1, 0.15) is 24.7 Å². The molecule has 0 aliphatic carbocycles. The summed E-state index contributed by atoms with van der Waals surface area (Å²) in [6.45, 7) is 2.06. The predicted octanol–water partition coefficient (Wildman–Crippen LogP) is 3.99. The van der Waals surface area contributed by atoms with Gasteiger partial charge in [0.15, 0.2) is 0 Å². The number of aromatic nitrogens is 2. The van der Waals surface area contributed by atoms with Crippen molar-refractivity contribution >= 4 is 33.0 Å². The first kappa shape index (κ1) is 15.6. The van der Waals surface area contributed by atoms with Gasteiger partial charge in [0.1, 0.15) is 5.82 Å². The fraction of sp³-hybridized carbons (Fsp3) is 0.167. The van der Waals surface area contributed by atoms with Crippen molar-refractivity contribution in [1.29, 1.82) is 0 Å². The molecule has 0 radical (unpaired) electrons. The number of halogens is 1. The molecule has 0 N–H and O–H groups in total. The van der Waals surface area contributed by atoms with Gasteiger partial charge in [-0.25, -0.2) is 4.98 Å². The van der Waals surface area contributed by atoms with Crippen molar-refractivity contribution in [2.24, 2.45) is 5.10 Å². The summed E-state index contributed by atoms with van der Waals surface area (Å²) >= 11 is 3.43. The van der Waals surface area contributed by atoms with Gasteiger partial charge in [-0.1, -0.05) is 47.1 Å². The molecule has 0 bridgehead atoms. The standard InChI is InChI=1S/C18H16BrN3O/c1-2-6-17-21-16-10-4-3-9-15(16)18(23)22(17)20-12-13-7-5-8-14(19)11-13/h3-5,7-12H,2,6H2,1H3. The molecule has 0 spiro atoms. The molecule has 0 unspecified atom stereocenters. The zero-order valence-corrected chi connectivity index (χ0v) is 14.3. The van der Waals surface area contributed by atoms with Crippen LogP contribution in [0.3, 0.4) is 0 Å². The van der Waals surface area contributed by atoms with Gasteiger partial charge in [-0.2, -0.15) is 9.78 Å². The first-order valence-corrected chi connectivity index (χ1v) is 8.29. The molecule has 3 aromatic rings. The van der Waals surface area contributed by atoms with Crippen molar-refractivity contribution in [2.45, 2.75) is 19.8 Å². The van der Waals surface area contributed by atoms with E-state index in [4.69, 9.17) is 0 Å². The first-order valence-electron chi connectivity index (χ1n) is 7.49. The number of fused-ring (bicyclic) bond motifs is 1. The Bertz CT molecular complexity index is 931. The minimum atomic E-state index is -0.134. The van der Waals surface area contributed by atoms with E-state index in [1.807, 2.05) is 42.5 Å². The molecule has 0 atom stereocenters. The van der Waals surface area contributed by atoms with Crippen molar-refractivity contribution in [3.05, 3.63) is 74.7 Å². The smallest absolute Gasteiger partial charge is 0.267 e.